The number of hydrogen-bond acceptors (Lipinski definition) is 28. The normalized spacial score (nSPS) is 12.1. The second-order valence-electron chi connectivity index (χ2n) is 24.4. The number of nitrogens with zero attached hydrogens (tertiary/aromatic N) is 22. The summed E-state index contributed by atoms with van der Waals surface area (Å²) in [4.78, 5) is 28.5. The standard InChI is InChI=1S/C81H60N24O6S2/c106-112(107,108)74-51-70(102-92-60-17-9-3-10-18-60)45-47-72(74)104-100-63-27-23-55(24-28-63)50-77-84-76(49-54-21-25-62(26-22-54)94-98-67-41-37-65(38-42-67)95-90-58-13-5-1-6-14-58)85-78(86-77)53-79-87-80(82-56-29-33-64(34-30-56)97-99-68-43-39-66(40-44-68)96-91-59-15-7-2-8-16-59)89-81(88-79)83-57-31-35-69(36-32-57)101-105-73-48-46-71(52-75(73)113(109,110)111)103-93-61-19-11-4-12-20-61/h1-48,51-52H,49-50,53H2,(H,106,107,108)(H,109,110,111)(H2,82,83,87,88,89). The van der Waals surface area contributed by atoms with Crippen LogP contribution >= 0.6 is 0 Å². The van der Waals surface area contributed by atoms with Crippen LogP contribution in [0.15, 0.2) is 395 Å². The Hall–Kier alpha value is -15.1. The van der Waals surface area contributed by atoms with Crippen LogP contribution in [0.25, 0.3) is 0 Å². The minimum atomic E-state index is -4.77. The minimum Gasteiger partial charge on any atom is -0.324 e. The molecule has 2 heterocycles. The quantitative estimate of drug-likeness (QED) is 0.0262. The fraction of sp³-hybridized carbons (Fsp3) is 0.0370. The van der Waals surface area contributed by atoms with Crippen LogP contribution < -0.4 is 10.6 Å². The van der Waals surface area contributed by atoms with E-state index < -0.39 is 30.0 Å². The third-order valence-corrected chi connectivity index (χ3v) is 17.8. The van der Waals surface area contributed by atoms with Crippen molar-refractivity contribution in [2.45, 2.75) is 29.1 Å². The van der Waals surface area contributed by atoms with Crippen LogP contribution in [0.3, 0.4) is 0 Å². The van der Waals surface area contributed by atoms with Gasteiger partial charge in [-0.05, 0) is 217 Å². The van der Waals surface area contributed by atoms with Crippen LogP contribution in [0.2, 0.25) is 0 Å². The van der Waals surface area contributed by atoms with Gasteiger partial charge in [-0.1, -0.05) is 97.1 Å². The predicted octanol–water partition coefficient (Wildman–Crippen LogP) is 24.1. The van der Waals surface area contributed by atoms with Crippen LogP contribution in [-0.2, 0) is 39.5 Å². The summed E-state index contributed by atoms with van der Waals surface area (Å²) < 4.78 is 70.7. The van der Waals surface area contributed by atoms with Gasteiger partial charge >= 0.3 is 0 Å². The summed E-state index contributed by atoms with van der Waals surface area (Å²) >= 11 is 0. The summed E-state index contributed by atoms with van der Waals surface area (Å²) in [5.41, 5.74) is 9.79. The van der Waals surface area contributed by atoms with Crippen molar-refractivity contribution in [2.75, 3.05) is 10.6 Å². The van der Waals surface area contributed by atoms with Crippen LogP contribution in [-0.4, -0.2) is 55.8 Å². The molecular formula is C81H60N24O6S2. The Bertz CT molecular complexity index is 5780. The Morgan fingerprint density at radius 1 is 0.230 bits per heavy atom. The van der Waals surface area contributed by atoms with E-state index in [9.17, 15) is 25.9 Å². The zero-order chi connectivity index (χ0) is 77.6. The Kier molecular flexibility index (Phi) is 23.6. The van der Waals surface area contributed by atoms with E-state index in [0.717, 1.165) is 34.6 Å². The van der Waals surface area contributed by atoms with E-state index in [1.807, 2.05) is 109 Å². The molecule has 552 valence electrons. The summed E-state index contributed by atoms with van der Waals surface area (Å²) in [7, 11) is -9.53. The van der Waals surface area contributed by atoms with Crippen molar-refractivity contribution in [3.8, 4) is 0 Å². The lowest BCUT2D eigenvalue weighted by Gasteiger charge is -2.12. The van der Waals surface area contributed by atoms with Gasteiger partial charge in [0.2, 0.25) is 11.9 Å². The van der Waals surface area contributed by atoms with Gasteiger partial charge in [0.25, 0.3) is 20.2 Å². The molecule has 0 aliphatic heterocycles. The smallest absolute Gasteiger partial charge is 0.296 e. The van der Waals surface area contributed by atoms with Crippen LogP contribution in [0.4, 0.5) is 114 Å². The van der Waals surface area contributed by atoms with E-state index in [-0.39, 0.29) is 59.7 Å². The number of hydrogen-bond donors (Lipinski definition) is 4. The van der Waals surface area contributed by atoms with Gasteiger partial charge in [0.05, 0.1) is 86.0 Å². The first kappa shape index (κ1) is 74.7. The zero-order valence-electron chi connectivity index (χ0n) is 59.2. The van der Waals surface area contributed by atoms with Crippen molar-refractivity contribution in [3.05, 3.63) is 338 Å². The van der Waals surface area contributed by atoms with Gasteiger partial charge in [0.1, 0.15) is 44.5 Å². The van der Waals surface area contributed by atoms with E-state index in [0.29, 0.717) is 85.7 Å². The lowest BCUT2D eigenvalue weighted by atomic mass is 10.1. The summed E-state index contributed by atoms with van der Waals surface area (Å²) in [6, 6.07) is 87.4. The van der Waals surface area contributed by atoms with Crippen molar-refractivity contribution in [1.29, 1.82) is 0 Å². The Morgan fingerprint density at radius 2 is 0.451 bits per heavy atom. The molecule has 4 N–H and O–H groups in total. The predicted molar refractivity (Wildman–Crippen MR) is 425 cm³/mol. The first-order chi connectivity index (χ1) is 55.1. The molecule has 12 aromatic carbocycles. The molecule has 32 heteroatoms. The summed E-state index contributed by atoms with van der Waals surface area (Å²) in [5, 5.41) is 75.0. The van der Waals surface area contributed by atoms with Gasteiger partial charge in [0.15, 0.2) is 0 Å². The lowest BCUT2D eigenvalue weighted by Crippen LogP contribution is -2.12. The molecule has 0 radical (unpaired) electrons. The van der Waals surface area contributed by atoms with Crippen molar-refractivity contribution in [3.63, 3.8) is 0 Å². The highest BCUT2D eigenvalue weighted by Gasteiger charge is 2.20. The van der Waals surface area contributed by atoms with Crippen molar-refractivity contribution < 1.29 is 25.9 Å². The summed E-state index contributed by atoms with van der Waals surface area (Å²) in [6.07, 6.45) is 0.464. The third-order valence-electron chi connectivity index (χ3n) is 16.0. The number of nitrogens with one attached hydrogen (secondary N) is 2. The molecule has 0 bridgehead atoms. The van der Waals surface area contributed by atoms with Crippen LogP contribution in [0.5, 0.6) is 0 Å². The highest BCUT2D eigenvalue weighted by Crippen LogP contribution is 2.35. The van der Waals surface area contributed by atoms with Crippen molar-refractivity contribution in [1.82, 2.24) is 29.9 Å². The molecule has 0 aliphatic rings. The second kappa shape index (κ2) is 35.7. The molecular weight excluding hydrogens is 1470 g/mol. The van der Waals surface area contributed by atoms with Gasteiger partial charge < -0.3 is 10.6 Å². The molecule has 14 aromatic rings. The molecule has 0 unspecified atom stereocenters. The number of rotatable bonds is 28. The van der Waals surface area contributed by atoms with Gasteiger partial charge in [0, 0.05) is 24.2 Å². The van der Waals surface area contributed by atoms with Gasteiger partial charge in [-0.3, -0.25) is 9.11 Å². The number of anilines is 4. The minimum absolute atomic E-state index is 0.0236. The maximum atomic E-state index is 12.6. The largest absolute Gasteiger partial charge is 0.324 e. The average molecular weight is 1530 g/mol. The SMILES string of the molecule is O=S(=O)(O)c1cc(N=Nc2ccccc2)ccc1N=Nc1ccc(Cc2nc(Cc3ccc(N=Nc4ccc(N=Nc5ccccc5)cc4)cc3)nc(Cc3nc(Nc4ccc(N=Nc5ccc(N=Nc6ccccc6)cc5)cc4)nc(Nc4ccc(N=Nc5ccc(N=Nc6ccccc6)cc5S(=O)(=O)O)cc4)n3)n2)cc1. The molecule has 0 saturated carbocycles. The molecule has 113 heavy (non-hydrogen) atoms. The van der Waals surface area contributed by atoms with Crippen LogP contribution in [0, 0.1) is 0 Å². The number of azo groups is 8. The van der Waals surface area contributed by atoms with E-state index in [1.54, 1.807) is 158 Å². The topological polar surface area (TPSA) is 408 Å². The molecule has 0 amide bonds. The maximum absolute atomic E-state index is 12.6. The number of aromatic nitrogens is 6. The molecule has 30 nitrogen and oxygen atoms in total. The maximum Gasteiger partial charge on any atom is 0.296 e. The Labute approximate surface area is 646 Å². The molecule has 0 aliphatic carbocycles. The summed E-state index contributed by atoms with van der Waals surface area (Å²) in [5.74, 6) is 1.66. The fourth-order valence-corrected chi connectivity index (χ4v) is 11.8. The first-order valence-electron chi connectivity index (χ1n) is 34.5. The Balaban J connectivity index is 0.734. The molecule has 0 saturated heterocycles. The third kappa shape index (κ3) is 22.0. The summed E-state index contributed by atoms with van der Waals surface area (Å²) in [6.45, 7) is 0. The monoisotopic (exact) mass is 1530 g/mol. The van der Waals surface area contributed by atoms with E-state index >= 15 is 0 Å². The van der Waals surface area contributed by atoms with E-state index in [1.165, 1.54) is 24.3 Å². The Morgan fingerprint density at radius 3 is 0.735 bits per heavy atom. The van der Waals surface area contributed by atoms with Crippen LogP contribution in [0.1, 0.15) is 34.4 Å². The fourth-order valence-electron chi connectivity index (χ4n) is 10.5. The van der Waals surface area contributed by atoms with Crippen molar-refractivity contribution >= 4 is 135 Å². The molecule has 0 spiro atoms. The van der Waals surface area contributed by atoms with Crippen molar-refractivity contribution in [2.24, 2.45) is 81.8 Å². The van der Waals surface area contributed by atoms with Gasteiger partial charge in [-0.25, -0.2) is 15.0 Å². The number of benzene rings is 12. The zero-order valence-corrected chi connectivity index (χ0v) is 60.8. The lowest BCUT2D eigenvalue weighted by molar-refractivity contribution is 0.481. The molecule has 14 rings (SSSR count). The van der Waals surface area contributed by atoms with Gasteiger partial charge in [-0.2, -0.15) is 103 Å². The second-order valence-corrected chi connectivity index (χ2v) is 27.2. The highest BCUT2D eigenvalue weighted by atomic mass is 32.2. The van der Waals surface area contributed by atoms with E-state index in [4.69, 9.17) is 29.9 Å². The average Bonchev–Trinajstić information content (AvgIpc) is 0.822. The molecule has 2 aromatic heterocycles. The van der Waals surface area contributed by atoms with Gasteiger partial charge in [-0.15, -0.1) is 10.2 Å². The first-order valence-corrected chi connectivity index (χ1v) is 37.3. The molecule has 0 fully saturated rings. The highest BCUT2D eigenvalue weighted by molar-refractivity contribution is 7.86. The van der Waals surface area contributed by atoms with E-state index in [2.05, 4.69) is 92.5 Å². The molecule has 0 atom stereocenters.